The molecule has 1 saturated carbocycles. The lowest BCUT2D eigenvalue weighted by Crippen LogP contribution is -2.42. The Balaban J connectivity index is 1.97. The predicted molar refractivity (Wildman–Crippen MR) is 84.1 cm³/mol. The molecule has 21 heavy (non-hydrogen) atoms. The fourth-order valence-corrected chi connectivity index (χ4v) is 3.03. The van der Waals surface area contributed by atoms with E-state index in [0.717, 1.165) is 30.2 Å². The van der Waals surface area contributed by atoms with Gasteiger partial charge in [0.05, 0.1) is 0 Å². The van der Waals surface area contributed by atoms with Crippen LogP contribution < -0.4 is 5.32 Å². The lowest BCUT2D eigenvalue weighted by molar-refractivity contribution is -0.117. The Bertz CT molecular complexity index is 533. The van der Waals surface area contributed by atoms with E-state index in [2.05, 4.69) is 21.2 Å². The van der Waals surface area contributed by atoms with Crippen LogP contribution in [0.3, 0.4) is 0 Å². The third-order valence-electron chi connectivity index (χ3n) is 3.84. The predicted octanol–water partition coefficient (Wildman–Crippen LogP) is 3.27. The minimum Gasteiger partial charge on any atom is -0.396 e. The number of amides is 1. The molecule has 5 heteroatoms. The molecule has 1 aromatic rings. The molecule has 114 valence electrons. The number of aliphatic hydroxyl groups excluding tert-OH is 1. The number of hydrogen-bond donors (Lipinski definition) is 2. The molecular weight excluding hydrogens is 337 g/mol. The van der Waals surface area contributed by atoms with E-state index in [9.17, 15) is 14.3 Å². The molecule has 2 N–H and O–H groups in total. The highest BCUT2D eigenvalue weighted by atomic mass is 79.9. The number of carbonyl (C=O) groups is 1. The first-order valence-corrected chi connectivity index (χ1v) is 7.94. The summed E-state index contributed by atoms with van der Waals surface area (Å²) in [6, 6.07) is 4.59. The third kappa shape index (κ3) is 4.64. The van der Waals surface area contributed by atoms with Crippen molar-refractivity contribution in [1.82, 2.24) is 5.32 Å². The molecule has 0 radical (unpaired) electrons. The van der Waals surface area contributed by atoms with E-state index in [-0.39, 0.29) is 30.3 Å². The van der Waals surface area contributed by atoms with Crippen molar-refractivity contribution in [2.24, 2.45) is 5.92 Å². The minimum absolute atomic E-state index is 0.00764. The smallest absolute Gasteiger partial charge is 0.244 e. The highest BCUT2D eigenvalue weighted by molar-refractivity contribution is 9.10. The van der Waals surface area contributed by atoms with Crippen molar-refractivity contribution in [2.75, 3.05) is 6.61 Å². The van der Waals surface area contributed by atoms with Gasteiger partial charge in [0, 0.05) is 34.7 Å². The molecule has 0 bridgehead atoms. The maximum atomic E-state index is 13.6. The highest BCUT2D eigenvalue weighted by Gasteiger charge is 2.25. The number of rotatable bonds is 4. The van der Waals surface area contributed by atoms with Gasteiger partial charge in [0.2, 0.25) is 5.91 Å². The zero-order chi connectivity index (χ0) is 15.2. The Labute approximate surface area is 132 Å². The number of benzene rings is 1. The molecule has 1 aliphatic carbocycles. The monoisotopic (exact) mass is 355 g/mol. The first-order valence-electron chi connectivity index (χ1n) is 7.14. The average Bonchev–Trinajstić information content (AvgIpc) is 2.49. The molecule has 2 atom stereocenters. The lowest BCUT2D eigenvalue weighted by Gasteiger charge is -2.30. The van der Waals surface area contributed by atoms with Crippen LogP contribution in [0.25, 0.3) is 6.08 Å². The van der Waals surface area contributed by atoms with Crippen LogP contribution >= 0.6 is 15.9 Å². The molecule has 0 heterocycles. The number of aliphatic hydroxyl groups is 1. The molecular formula is C16H19BrFNO2. The van der Waals surface area contributed by atoms with E-state index in [1.54, 1.807) is 12.1 Å². The van der Waals surface area contributed by atoms with Gasteiger partial charge in [0.25, 0.3) is 0 Å². The minimum atomic E-state index is -0.367. The molecule has 1 fully saturated rings. The molecule has 1 aliphatic rings. The Morgan fingerprint density at radius 1 is 1.43 bits per heavy atom. The van der Waals surface area contributed by atoms with Crippen molar-refractivity contribution in [3.8, 4) is 0 Å². The number of halogens is 2. The van der Waals surface area contributed by atoms with Crippen molar-refractivity contribution < 1.29 is 14.3 Å². The molecule has 0 saturated heterocycles. The van der Waals surface area contributed by atoms with Gasteiger partial charge in [-0.25, -0.2) is 4.39 Å². The van der Waals surface area contributed by atoms with Crippen LogP contribution in [0, 0.1) is 11.7 Å². The summed E-state index contributed by atoms with van der Waals surface area (Å²) in [6.07, 6.45) is 6.78. The van der Waals surface area contributed by atoms with Crippen molar-refractivity contribution in [1.29, 1.82) is 0 Å². The van der Waals surface area contributed by atoms with Crippen LogP contribution in [-0.4, -0.2) is 23.7 Å². The zero-order valence-electron chi connectivity index (χ0n) is 11.7. The first kappa shape index (κ1) is 16.2. The number of hydrogen-bond acceptors (Lipinski definition) is 2. The van der Waals surface area contributed by atoms with Gasteiger partial charge in [-0.15, -0.1) is 0 Å². The summed E-state index contributed by atoms with van der Waals surface area (Å²) >= 11 is 3.27. The summed E-state index contributed by atoms with van der Waals surface area (Å²) in [5.74, 6) is -0.494. The van der Waals surface area contributed by atoms with Crippen LogP contribution in [0.1, 0.15) is 31.2 Å². The van der Waals surface area contributed by atoms with Crippen LogP contribution in [-0.2, 0) is 4.79 Å². The van der Waals surface area contributed by atoms with Gasteiger partial charge in [-0.3, -0.25) is 4.79 Å². The van der Waals surface area contributed by atoms with Gasteiger partial charge in [-0.1, -0.05) is 28.8 Å². The maximum absolute atomic E-state index is 13.6. The molecule has 2 rings (SSSR count). The molecule has 1 aromatic carbocycles. The van der Waals surface area contributed by atoms with E-state index in [0.29, 0.717) is 5.56 Å². The van der Waals surface area contributed by atoms with E-state index in [1.165, 1.54) is 18.2 Å². The fraction of sp³-hybridized carbons (Fsp3) is 0.438. The summed E-state index contributed by atoms with van der Waals surface area (Å²) in [6.45, 7) is 0.0922. The Morgan fingerprint density at radius 3 is 2.95 bits per heavy atom. The highest BCUT2D eigenvalue weighted by Crippen LogP contribution is 2.24. The number of nitrogens with one attached hydrogen (secondary N) is 1. The van der Waals surface area contributed by atoms with Gasteiger partial charge < -0.3 is 10.4 Å². The molecule has 3 nitrogen and oxygen atoms in total. The van der Waals surface area contributed by atoms with Crippen molar-refractivity contribution in [2.45, 2.75) is 31.7 Å². The van der Waals surface area contributed by atoms with Crippen LogP contribution in [0.2, 0.25) is 0 Å². The molecule has 1 amide bonds. The Morgan fingerprint density at radius 2 is 2.19 bits per heavy atom. The third-order valence-corrected chi connectivity index (χ3v) is 4.34. The zero-order valence-corrected chi connectivity index (χ0v) is 13.3. The Kier molecular flexibility index (Phi) is 5.94. The van der Waals surface area contributed by atoms with E-state index >= 15 is 0 Å². The van der Waals surface area contributed by atoms with Crippen LogP contribution in [0.15, 0.2) is 28.7 Å². The Hall–Kier alpha value is -1.20. The van der Waals surface area contributed by atoms with Crippen LogP contribution in [0.4, 0.5) is 4.39 Å². The summed E-state index contributed by atoms with van der Waals surface area (Å²) in [5.41, 5.74) is 0.363. The summed E-state index contributed by atoms with van der Waals surface area (Å²) in [5, 5.41) is 12.2. The molecule has 0 spiro atoms. The SMILES string of the molecule is O=C(/C=C/c1cc(Br)ccc1F)NC1CCCCC1CO. The molecule has 0 aliphatic heterocycles. The normalized spacial score (nSPS) is 22.4. The summed E-state index contributed by atoms with van der Waals surface area (Å²) in [7, 11) is 0. The standard InChI is InChI=1S/C16H19BrFNO2/c17-13-6-7-14(18)11(9-13)5-8-16(21)19-15-4-2-1-3-12(15)10-20/h5-9,12,15,20H,1-4,10H2,(H,19,21)/b8-5+. The largest absolute Gasteiger partial charge is 0.396 e. The van der Waals surface area contributed by atoms with Gasteiger partial charge in [-0.2, -0.15) is 0 Å². The van der Waals surface area contributed by atoms with Gasteiger partial charge in [0.1, 0.15) is 5.82 Å². The quantitative estimate of drug-likeness (QED) is 0.814. The van der Waals surface area contributed by atoms with E-state index < -0.39 is 0 Å². The maximum Gasteiger partial charge on any atom is 0.244 e. The summed E-state index contributed by atoms with van der Waals surface area (Å²) < 4.78 is 14.3. The van der Waals surface area contributed by atoms with Crippen molar-refractivity contribution in [3.63, 3.8) is 0 Å². The molecule has 0 aromatic heterocycles. The molecule has 2 unspecified atom stereocenters. The second-order valence-electron chi connectivity index (χ2n) is 5.34. The second-order valence-corrected chi connectivity index (χ2v) is 6.26. The van der Waals surface area contributed by atoms with Crippen molar-refractivity contribution >= 4 is 27.9 Å². The average molecular weight is 356 g/mol. The summed E-state index contributed by atoms with van der Waals surface area (Å²) in [4.78, 5) is 11.9. The van der Waals surface area contributed by atoms with E-state index in [1.807, 2.05) is 0 Å². The van der Waals surface area contributed by atoms with Crippen molar-refractivity contribution in [3.05, 3.63) is 40.1 Å². The lowest BCUT2D eigenvalue weighted by atomic mass is 9.85. The van der Waals surface area contributed by atoms with Gasteiger partial charge in [-0.05, 0) is 37.1 Å². The topological polar surface area (TPSA) is 49.3 Å². The number of carbonyl (C=O) groups excluding carboxylic acids is 1. The van der Waals surface area contributed by atoms with Gasteiger partial charge >= 0.3 is 0 Å². The van der Waals surface area contributed by atoms with E-state index in [4.69, 9.17) is 0 Å². The fourth-order valence-electron chi connectivity index (χ4n) is 2.65. The first-order chi connectivity index (χ1) is 10.1. The second kappa shape index (κ2) is 7.71. The van der Waals surface area contributed by atoms with Crippen LogP contribution in [0.5, 0.6) is 0 Å². The van der Waals surface area contributed by atoms with Gasteiger partial charge in [0.15, 0.2) is 0 Å².